The van der Waals surface area contributed by atoms with E-state index in [1.54, 1.807) is 0 Å². The van der Waals surface area contributed by atoms with E-state index in [4.69, 9.17) is 15.0 Å². The van der Waals surface area contributed by atoms with Gasteiger partial charge in [0.15, 0.2) is 6.79 Å². The Balaban J connectivity index is 1.96. The molecule has 0 aliphatic carbocycles. The number of methoxy groups -OCH3 is 1. The van der Waals surface area contributed by atoms with Gasteiger partial charge in [0.25, 0.3) is 0 Å². The van der Waals surface area contributed by atoms with Gasteiger partial charge in [0.1, 0.15) is 12.0 Å². The highest BCUT2D eigenvalue weighted by Crippen LogP contribution is 2.44. The highest BCUT2D eigenvalue weighted by atomic mass is 31.2. The van der Waals surface area contributed by atoms with Crippen molar-refractivity contribution in [3.63, 3.8) is 0 Å². The van der Waals surface area contributed by atoms with Gasteiger partial charge < -0.3 is 20.1 Å². The fourth-order valence-corrected chi connectivity index (χ4v) is 2.99. The maximum atomic E-state index is 11.9. The Morgan fingerprint density at radius 3 is 2.96 bits per heavy atom. The van der Waals surface area contributed by atoms with Gasteiger partial charge in [0.2, 0.25) is 0 Å². The van der Waals surface area contributed by atoms with Crippen LogP contribution in [-0.2, 0) is 23.1 Å². The lowest BCUT2D eigenvalue weighted by Crippen LogP contribution is -2.29. The van der Waals surface area contributed by atoms with Gasteiger partial charge in [-0.25, -0.2) is 9.36 Å². The van der Waals surface area contributed by atoms with Crippen molar-refractivity contribution in [3.05, 3.63) is 22.7 Å². The van der Waals surface area contributed by atoms with E-state index in [1.807, 2.05) is 6.92 Å². The number of ether oxygens (including phenoxy) is 2. The predicted molar refractivity (Wildman–Crippen MR) is 79.3 cm³/mol. The van der Waals surface area contributed by atoms with Gasteiger partial charge in [-0.2, -0.15) is 4.98 Å². The topological polar surface area (TPSA) is 135 Å². The number of anilines is 1. The molecule has 1 saturated heterocycles. The number of nitrogens with zero attached hydrogens (tertiary/aromatic N) is 2. The number of hydrogen-bond acceptors (Lipinski definition) is 8. The summed E-state index contributed by atoms with van der Waals surface area (Å²) in [5.74, 6) is 0.123. The van der Waals surface area contributed by atoms with Crippen LogP contribution in [0.4, 0.5) is 5.82 Å². The number of rotatable bonds is 7. The van der Waals surface area contributed by atoms with Gasteiger partial charge in [-0.05, 0) is 12.5 Å². The molecule has 130 valence electrons. The van der Waals surface area contributed by atoms with Crippen LogP contribution in [0.5, 0.6) is 0 Å². The fraction of sp³-hybridized carbons (Fsp3) is 0.667. The Morgan fingerprint density at radius 2 is 2.30 bits per heavy atom. The van der Waals surface area contributed by atoms with Gasteiger partial charge in [0.05, 0.1) is 12.7 Å². The fourth-order valence-electron chi connectivity index (χ4n) is 2.32. The summed E-state index contributed by atoms with van der Waals surface area (Å²) in [6.45, 7) is 1.40. The van der Waals surface area contributed by atoms with Crippen molar-refractivity contribution < 1.29 is 28.0 Å². The Hall–Kier alpha value is -1.29. The van der Waals surface area contributed by atoms with E-state index in [0.717, 1.165) is 0 Å². The summed E-state index contributed by atoms with van der Waals surface area (Å²) in [5, 5.41) is 0. The third kappa shape index (κ3) is 4.84. The third-order valence-electron chi connectivity index (χ3n) is 3.34. The lowest BCUT2D eigenvalue weighted by Gasteiger charge is -2.18. The molecule has 0 radical (unpaired) electrons. The molecule has 1 aliphatic heterocycles. The second-order valence-corrected chi connectivity index (χ2v) is 6.66. The molecule has 4 unspecified atom stereocenters. The maximum Gasteiger partial charge on any atom is 0.474 e. The molecule has 0 bridgehead atoms. The first kappa shape index (κ1) is 18.1. The van der Waals surface area contributed by atoms with E-state index >= 15 is 0 Å². The van der Waals surface area contributed by atoms with Crippen molar-refractivity contribution >= 4 is 13.6 Å². The number of nitrogen functional groups attached to an aromatic ring is 1. The molecular formula is C12H20N3O7P. The zero-order chi connectivity index (χ0) is 17.0. The lowest BCUT2D eigenvalue weighted by molar-refractivity contribution is -0.0399. The zero-order valence-electron chi connectivity index (χ0n) is 12.8. The zero-order valence-corrected chi connectivity index (χ0v) is 13.7. The van der Waals surface area contributed by atoms with E-state index in [9.17, 15) is 14.3 Å². The largest absolute Gasteiger partial charge is 0.474 e. The van der Waals surface area contributed by atoms with Crippen LogP contribution >= 0.6 is 7.82 Å². The van der Waals surface area contributed by atoms with E-state index < -0.39 is 25.8 Å². The SMILES string of the molecule is COCOP(=O)(O)OCC1CC(C)C(n2ccc(N)nc2=O)O1. The van der Waals surface area contributed by atoms with Gasteiger partial charge in [-0.3, -0.25) is 13.6 Å². The Morgan fingerprint density at radius 1 is 1.57 bits per heavy atom. The summed E-state index contributed by atoms with van der Waals surface area (Å²) >= 11 is 0. The molecule has 23 heavy (non-hydrogen) atoms. The maximum absolute atomic E-state index is 11.9. The number of phosphoric acid groups is 1. The van der Waals surface area contributed by atoms with Crippen LogP contribution in [0.1, 0.15) is 19.6 Å². The first-order valence-electron chi connectivity index (χ1n) is 6.93. The molecule has 0 amide bonds. The smallest absolute Gasteiger partial charge is 0.383 e. The molecule has 1 aromatic rings. The predicted octanol–water partition coefficient (Wildman–Crippen LogP) is 0.487. The third-order valence-corrected chi connectivity index (χ3v) is 4.24. The molecule has 0 spiro atoms. The summed E-state index contributed by atoms with van der Waals surface area (Å²) in [6, 6.07) is 1.50. The minimum atomic E-state index is -4.19. The number of phosphoric ester groups is 1. The summed E-state index contributed by atoms with van der Waals surface area (Å²) < 4.78 is 32.5. The monoisotopic (exact) mass is 349 g/mol. The van der Waals surface area contributed by atoms with Crippen molar-refractivity contribution in [3.8, 4) is 0 Å². The van der Waals surface area contributed by atoms with Crippen LogP contribution in [-0.4, -0.2) is 41.1 Å². The quantitative estimate of drug-likeness (QED) is 0.532. The number of aromatic nitrogens is 2. The molecule has 1 aliphatic rings. The molecule has 0 aromatic carbocycles. The molecule has 10 nitrogen and oxygen atoms in total. The summed E-state index contributed by atoms with van der Waals surface area (Å²) in [6.07, 6.45) is 1.06. The molecule has 2 rings (SSSR count). The van der Waals surface area contributed by atoms with E-state index in [-0.39, 0.29) is 25.1 Å². The number of nitrogens with two attached hydrogens (primary N) is 1. The summed E-state index contributed by atoms with van der Waals surface area (Å²) in [7, 11) is -2.87. The molecule has 11 heteroatoms. The highest BCUT2D eigenvalue weighted by Gasteiger charge is 2.36. The molecule has 1 fully saturated rings. The van der Waals surface area contributed by atoms with Gasteiger partial charge in [-0.1, -0.05) is 6.92 Å². The van der Waals surface area contributed by atoms with Crippen LogP contribution in [0.2, 0.25) is 0 Å². The first-order chi connectivity index (χ1) is 10.8. The van der Waals surface area contributed by atoms with Crippen molar-refractivity contribution in [2.45, 2.75) is 25.7 Å². The molecule has 0 saturated carbocycles. The minimum absolute atomic E-state index is 0.00954. The van der Waals surface area contributed by atoms with Crippen LogP contribution in [0, 0.1) is 5.92 Å². The normalized spacial score (nSPS) is 27.0. The van der Waals surface area contributed by atoms with Crippen molar-refractivity contribution in [1.82, 2.24) is 9.55 Å². The Kier molecular flexibility index (Phi) is 5.90. The van der Waals surface area contributed by atoms with Crippen LogP contribution in [0.15, 0.2) is 17.1 Å². The molecule has 1 aromatic heterocycles. The molecule has 2 heterocycles. The Bertz CT molecular complexity index is 637. The second-order valence-electron chi connectivity index (χ2n) is 5.20. The van der Waals surface area contributed by atoms with Gasteiger partial charge >= 0.3 is 13.5 Å². The summed E-state index contributed by atoms with van der Waals surface area (Å²) in [4.78, 5) is 24.9. The van der Waals surface area contributed by atoms with E-state index in [1.165, 1.54) is 23.9 Å². The van der Waals surface area contributed by atoms with Gasteiger partial charge in [0, 0.05) is 19.2 Å². The van der Waals surface area contributed by atoms with Crippen LogP contribution in [0.3, 0.4) is 0 Å². The minimum Gasteiger partial charge on any atom is -0.383 e. The number of hydrogen-bond donors (Lipinski definition) is 2. The van der Waals surface area contributed by atoms with E-state index in [0.29, 0.717) is 6.42 Å². The van der Waals surface area contributed by atoms with Crippen molar-refractivity contribution in [2.75, 3.05) is 26.2 Å². The highest BCUT2D eigenvalue weighted by molar-refractivity contribution is 7.47. The first-order valence-corrected chi connectivity index (χ1v) is 8.43. The molecule has 3 N–H and O–H groups in total. The second kappa shape index (κ2) is 7.52. The van der Waals surface area contributed by atoms with Gasteiger partial charge in [-0.15, -0.1) is 0 Å². The standard InChI is InChI=1S/C12H20N3O7P/c1-8-5-9(6-20-23(17,18)21-7-19-2)22-11(8)15-4-3-10(13)14-12(15)16/h3-4,8-9,11H,5-7H2,1-2H3,(H,17,18)(H2,13,14,16). The molecular weight excluding hydrogens is 329 g/mol. The lowest BCUT2D eigenvalue weighted by atomic mass is 10.1. The molecule has 4 atom stereocenters. The van der Waals surface area contributed by atoms with Crippen molar-refractivity contribution in [1.29, 1.82) is 0 Å². The summed E-state index contributed by atoms with van der Waals surface area (Å²) in [5.41, 5.74) is 4.94. The van der Waals surface area contributed by atoms with E-state index in [2.05, 4.69) is 14.2 Å². The van der Waals surface area contributed by atoms with Crippen molar-refractivity contribution in [2.24, 2.45) is 5.92 Å². The average molecular weight is 349 g/mol. The Labute approximate surface area is 132 Å². The van der Waals surface area contributed by atoms with Crippen LogP contribution < -0.4 is 11.4 Å². The average Bonchev–Trinajstić information content (AvgIpc) is 2.84. The van der Waals surface area contributed by atoms with Crippen LogP contribution in [0.25, 0.3) is 0 Å².